The number of carbonyl (C=O) groups is 1. The van der Waals surface area contributed by atoms with E-state index in [0.717, 1.165) is 40.2 Å². The molecule has 0 aliphatic heterocycles. The molecule has 0 fully saturated rings. The fourth-order valence-electron chi connectivity index (χ4n) is 4.56. The summed E-state index contributed by atoms with van der Waals surface area (Å²) in [7, 11) is 1.70. The van der Waals surface area contributed by atoms with Crippen molar-refractivity contribution in [2.45, 2.75) is 32.1 Å². The van der Waals surface area contributed by atoms with Gasteiger partial charge in [-0.2, -0.15) is 5.26 Å². The standard InChI is InChI=1S/C26H24N4O2S/c1-32-21-7-8-22-17(14-21)3-4-18-13-19(6-10-25(31)28-12-2-11-27)30(26(18)22)20-5-9-23-24(15-20)33-16-29-23/h5,7-9,13-16H,2-4,6,10,12H2,1H3,(H,28,31). The van der Waals surface area contributed by atoms with Gasteiger partial charge in [-0.25, -0.2) is 4.98 Å². The monoisotopic (exact) mass is 456 g/mol. The maximum atomic E-state index is 12.3. The van der Waals surface area contributed by atoms with E-state index in [-0.39, 0.29) is 5.91 Å². The predicted octanol–water partition coefficient (Wildman–Crippen LogP) is 4.82. The molecule has 6 nitrogen and oxygen atoms in total. The van der Waals surface area contributed by atoms with Gasteiger partial charge in [0.25, 0.3) is 0 Å². The van der Waals surface area contributed by atoms with Crippen LogP contribution in [0.15, 0.2) is 48.0 Å². The quantitative estimate of drug-likeness (QED) is 0.404. The summed E-state index contributed by atoms with van der Waals surface area (Å²) in [4.78, 5) is 16.8. The fraction of sp³-hybridized carbons (Fsp3) is 0.269. The van der Waals surface area contributed by atoms with Crippen molar-refractivity contribution in [3.05, 3.63) is 64.8 Å². The second kappa shape index (κ2) is 9.08. The number of hydrogen-bond donors (Lipinski definition) is 1. The Morgan fingerprint density at radius 2 is 2.09 bits per heavy atom. The van der Waals surface area contributed by atoms with Crippen LogP contribution < -0.4 is 10.1 Å². The lowest BCUT2D eigenvalue weighted by molar-refractivity contribution is -0.121. The molecule has 4 aromatic rings. The van der Waals surface area contributed by atoms with Gasteiger partial charge in [-0.1, -0.05) is 0 Å². The van der Waals surface area contributed by atoms with Gasteiger partial charge < -0.3 is 14.6 Å². The number of nitrogens with one attached hydrogen (secondary N) is 1. The van der Waals surface area contributed by atoms with Gasteiger partial charge >= 0.3 is 0 Å². The Bertz CT molecular complexity index is 1380. The molecule has 7 heteroatoms. The Labute approximate surface area is 196 Å². The number of ether oxygens (including phenoxy) is 1. The molecule has 2 heterocycles. The van der Waals surface area contributed by atoms with Crippen LogP contribution >= 0.6 is 11.3 Å². The van der Waals surface area contributed by atoms with E-state index in [9.17, 15) is 4.79 Å². The zero-order valence-electron chi connectivity index (χ0n) is 18.4. The fourth-order valence-corrected chi connectivity index (χ4v) is 5.27. The van der Waals surface area contributed by atoms with Crippen LogP contribution in [0.3, 0.4) is 0 Å². The lowest BCUT2D eigenvalue weighted by atomic mass is 9.90. The van der Waals surface area contributed by atoms with E-state index in [4.69, 9.17) is 10.00 Å². The smallest absolute Gasteiger partial charge is 0.220 e. The number of rotatable bonds is 7. The van der Waals surface area contributed by atoms with Crippen LogP contribution in [-0.4, -0.2) is 29.1 Å². The molecule has 2 aromatic heterocycles. The van der Waals surface area contributed by atoms with Gasteiger partial charge in [0.1, 0.15) is 5.75 Å². The highest BCUT2D eigenvalue weighted by molar-refractivity contribution is 7.16. The second-order valence-corrected chi connectivity index (χ2v) is 9.02. The van der Waals surface area contributed by atoms with E-state index in [0.29, 0.717) is 25.8 Å². The van der Waals surface area contributed by atoms with Gasteiger partial charge in [-0.15, -0.1) is 11.3 Å². The van der Waals surface area contributed by atoms with E-state index in [2.05, 4.69) is 57.3 Å². The summed E-state index contributed by atoms with van der Waals surface area (Å²) >= 11 is 1.63. The van der Waals surface area contributed by atoms with Crippen LogP contribution in [0.25, 0.3) is 27.2 Å². The number of hydrogen-bond acceptors (Lipinski definition) is 5. The molecule has 1 aliphatic carbocycles. The minimum Gasteiger partial charge on any atom is -0.497 e. The number of nitrogens with zero attached hydrogens (tertiary/aromatic N) is 3. The number of fused-ring (bicyclic) bond motifs is 4. The highest BCUT2D eigenvalue weighted by atomic mass is 32.1. The minimum absolute atomic E-state index is 0.0287. The first-order valence-corrected chi connectivity index (χ1v) is 11.9. The molecule has 0 unspecified atom stereocenters. The molecule has 1 amide bonds. The van der Waals surface area contributed by atoms with Crippen LogP contribution in [0.1, 0.15) is 29.7 Å². The van der Waals surface area contributed by atoms with Gasteiger partial charge in [0, 0.05) is 29.9 Å². The zero-order valence-corrected chi connectivity index (χ0v) is 19.2. The first-order valence-electron chi connectivity index (χ1n) is 11.1. The molecule has 0 radical (unpaired) electrons. The molecule has 0 atom stereocenters. The molecule has 5 rings (SSSR count). The normalized spacial score (nSPS) is 12.1. The summed E-state index contributed by atoms with van der Waals surface area (Å²) in [5, 5.41) is 11.5. The summed E-state index contributed by atoms with van der Waals surface area (Å²) in [5.74, 6) is 0.842. The molecule has 0 spiro atoms. The zero-order chi connectivity index (χ0) is 22.8. The third kappa shape index (κ3) is 4.10. The first-order chi connectivity index (χ1) is 16.2. The van der Waals surface area contributed by atoms with Crippen molar-refractivity contribution in [2.75, 3.05) is 13.7 Å². The van der Waals surface area contributed by atoms with Gasteiger partial charge in [0.15, 0.2) is 0 Å². The molecule has 166 valence electrons. The molecule has 1 aliphatic rings. The lowest BCUT2D eigenvalue weighted by Gasteiger charge is -2.21. The second-order valence-electron chi connectivity index (χ2n) is 8.13. The summed E-state index contributed by atoms with van der Waals surface area (Å²) in [6, 6.07) is 16.9. The summed E-state index contributed by atoms with van der Waals surface area (Å²) in [6.07, 6.45) is 3.24. The summed E-state index contributed by atoms with van der Waals surface area (Å²) in [6.45, 7) is 0.393. The van der Waals surface area contributed by atoms with Crippen molar-refractivity contribution in [1.82, 2.24) is 14.9 Å². The molecule has 1 N–H and O–H groups in total. The van der Waals surface area contributed by atoms with Crippen molar-refractivity contribution in [2.24, 2.45) is 0 Å². The van der Waals surface area contributed by atoms with E-state index >= 15 is 0 Å². The van der Waals surface area contributed by atoms with Crippen molar-refractivity contribution in [1.29, 1.82) is 5.26 Å². The van der Waals surface area contributed by atoms with E-state index in [1.807, 2.05) is 11.6 Å². The number of benzene rings is 2. The Morgan fingerprint density at radius 3 is 2.94 bits per heavy atom. The average Bonchev–Trinajstić information content (AvgIpc) is 3.46. The third-order valence-corrected chi connectivity index (χ3v) is 6.92. The molecule has 33 heavy (non-hydrogen) atoms. The topological polar surface area (TPSA) is 79.9 Å². The predicted molar refractivity (Wildman–Crippen MR) is 130 cm³/mol. The van der Waals surface area contributed by atoms with Crippen LogP contribution in [-0.2, 0) is 24.1 Å². The van der Waals surface area contributed by atoms with Crippen molar-refractivity contribution >= 4 is 27.5 Å². The maximum absolute atomic E-state index is 12.3. The SMILES string of the molecule is COc1ccc2c(c1)CCc1cc(CCC(=O)NCCC#N)n(-c3ccc4ncsc4c3)c1-2. The van der Waals surface area contributed by atoms with Gasteiger partial charge in [-0.05, 0) is 72.9 Å². The first kappa shape index (κ1) is 21.2. The number of nitriles is 1. The van der Waals surface area contributed by atoms with Gasteiger partial charge in [0.05, 0.1) is 41.0 Å². The number of aromatic nitrogens is 2. The Morgan fingerprint density at radius 1 is 1.21 bits per heavy atom. The van der Waals surface area contributed by atoms with E-state index in [1.165, 1.54) is 22.4 Å². The van der Waals surface area contributed by atoms with Crippen LogP contribution in [0.4, 0.5) is 0 Å². The lowest BCUT2D eigenvalue weighted by Crippen LogP contribution is -2.24. The van der Waals surface area contributed by atoms with Crippen LogP contribution in [0.5, 0.6) is 5.75 Å². The number of amides is 1. The molecular formula is C26H24N4O2S. The molecular weight excluding hydrogens is 432 g/mol. The van der Waals surface area contributed by atoms with Crippen molar-refractivity contribution in [3.8, 4) is 28.8 Å². The van der Waals surface area contributed by atoms with E-state index < -0.39 is 0 Å². The van der Waals surface area contributed by atoms with Gasteiger partial charge in [-0.3, -0.25) is 4.79 Å². The molecule has 2 aromatic carbocycles. The number of thiazole rings is 1. The maximum Gasteiger partial charge on any atom is 0.220 e. The minimum atomic E-state index is -0.0287. The van der Waals surface area contributed by atoms with Crippen molar-refractivity contribution in [3.63, 3.8) is 0 Å². The Hall–Kier alpha value is -3.63. The summed E-state index contributed by atoms with van der Waals surface area (Å²) in [5.41, 5.74) is 10.0. The number of aryl methyl sites for hydroxylation is 3. The highest BCUT2D eigenvalue weighted by Crippen LogP contribution is 2.40. The molecule has 0 saturated carbocycles. The highest BCUT2D eigenvalue weighted by Gasteiger charge is 2.24. The number of methoxy groups -OCH3 is 1. The van der Waals surface area contributed by atoms with E-state index in [1.54, 1.807) is 18.4 Å². The number of carbonyl (C=O) groups excluding carboxylic acids is 1. The third-order valence-electron chi connectivity index (χ3n) is 6.13. The molecule has 0 saturated heterocycles. The van der Waals surface area contributed by atoms with Crippen LogP contribution in [0, 0.1) is 11.3 Å². The molecule has 0 bridgehead atoms. The Balaban J connectivity index is 1.57. The van der Waals surface area contributed by atoms with Gasteiger partial charge in [0.2, 0.25) is 5.91 Å². The summed E-state index contributed by atoms with van der Waals surface area (Å²) < 4.78 is 8.90. The average molecular weight is 457 g/mol. The largest absolute Gasteiger partial charge is 0.497 e. The Kier molecular flexibility index (Phi) is 5.84. The van der Waals surface area contributed by atoms with Crippen LogP contribution in [0.2, 0.25) is 0 Å². The van der Waals surface area contributed by atoms with Crippen molar-refractivity contribution < 1.29 is 9.53 Å².